The first kappa shape index (κ1) is 21.5. The molecule has 2 aromatic rings. The smallest absolute Gasteiger partial charge is 0.225 e. The van der Waals surface area contributed by atoms with Gasteiger partial charge in [-0.3, -0.25) is 4.79 Å². The molecule has 1 unspecified atom stereocenters. The number of benzene rings is 2. The molecule has 0 fully saturated rings. The van der Waals surface area contributed by atoms with Crippen molar-refractivity contribution >= 4 is 53.1 Å². The fourth-order valence-corrected chi connectivity index (χ4v) is 3.13. The van der Waals surface area contributed by atoms with Gasteiger partial charge < -0.3 is 16.0 Å². The maximum atomic E-state index is 11.9. The SMILES string of the molecule is CCNC(=NCc1ccc(Cl)cc1)NCC1CC(=O)Nc2ccccc21.I. The molecule has 27 heavy (non-hydrogen) atoms. The lowest BCUT2D eigenvalue weighted by Gasteiger charge is -2.26. The first-order valence-electron chi connectivity index (χ1n) is 8.81. The van der Waals surface area contributed by atoms with Gasteiger partial charge in [0.2, 0.25) is 5.91 Å². The molecule has 3 rings (SSSR count). The Labute approximate surface area is 182 Å². The van der Waals surface area contributed by atoms with Crippen LogP contribution in [-0.2, 0) is 11.3 Å². The van der Waals surface area contributed by atoms with Gasteiger partial charge in [0.25, 0.3) is 0 Å². The molecular formula is C20H24ClIN4O. The number of guanidine groups is 1. The molecule has 1 heterocycles. The summed E-state index contributed by atoms with van der Waals surface area (Å²) in [4.78, 5) is 16.6. The quantitative estimate of drug-likeness (QED) is 0.330. The summed E-state index contributed by atoms with van der Waals surface area (Å²) in [6.45, 7) is 4.02. The molecule has 1 atom stereocenters. The number of amides is 1. The second-order valence-electron chi connectivity index (χ2n) is 6.24. The molecule has 7 heteroatoms. The lowest BCUT2D eigenvalue weighted by atomic mass is 9.90. The van der Waals surface area contributed by atoms with Gasteiger partial charge >= 0.3 is 0 Å². The van der Waals surface area contributed by atoms with Crippen LogP contribution in [0.4, 0.5) is 5.69 Å². The van der Waals surface area contributed by atoms with Gasteiger partial charge in [0.1, 0.15) is 0 Å². The predicted octanol–water partition coefficient (Wildman–Crippen LogP) is 4.14. The summed E-state index contributed by atoms with van der Waals surface area (Å²) in [5.74, 6) is 0.920. The summed E-state index contributed by atoms with van der Waals surface area (Å²) in [6, 6.07) is 15.6. The van der Waals surface area contributed by atoms with E-state index < -0.39 is 0 Å². The minimum Gasteiger partial charge on any atom is -0.357 e. The molecule has 0 aromatic heterocycles. The van der Waals surface area contributed by atoms with Crippen LogP contribution >= 0.6 is 35.6 Å². The third-order valence-electron chi connectivity index (χ3n) is 4.30. The van der Waals surface area contributed by atoms with Gasteiger partial charge in [-0.25, -0.2) is 4.99 Å². The van der Waals surface area contributed by atoms with Crippen molar-refractivity contribution in [3.05, 3.63) is 64.7 Å². The molecule has 0 aliphatic carbocycles. The second kappa shape index (κ2) is 10.5. The van der Waals surface area contributed by atoms with Crippen LogP contribution in [-0.4, -0.2) is 25.0 Å². The average Bonchev–Trinajstić information content (AvgIpc) is 2.65. The number of aliphatic imine (C=N–C) groups is 1. The van der Waals surface area contributed by atoms with Crippen molar-refractivity contribution in [2.24, 2.45) is 4.99 Å². The lowest BCUT2D eigenvalue weighted by Crippen LogP contribution is -2.40. The molecule has 1 aliphatic rings. The Bertz CT molecular complexity index is 795. The number of hydrogen-bond acceptors (Lipinski definition) is 2. The van der Waals surface area contributed by atoms with E-state index in [2.05, 4.69) is 27.0 Å². The number of hydrogen-bond donors (Lipinski definition) is 3. The highest BCUT2D eigenvalue weighted by molar-refractivity contribution is 14.0. The van der Waals surface area contributed by atoms with Gasteiger partial charge in [-0.1, -0.05) is 41.9 Å². The molecular weight excluding hydrogens is 475 g/mol. The summed E-state index contributed by atoms with van der Waals surface area (Å²) in [5, 5.41) is 10.3. The lowest BCUT2D eigenvalue weighted by molar-refractivity contribution is -0.116. The summed E-state index contributed by atoms with van der Waals surface area (Å²) in [6.07, 6.45) is 0.473. The number of halogens is 2. The van der Waals surface area contributed by atoms with E-state index in [0.717, 1.165) is 34.3 Å². The topological polar surface area (TPSA) is 65.5 Å². The molecule has 0 saturated heterocycles. The van der Waals surface area contributed by atoms with Crippen LogP contribution in [0.5, 0.6) is 0 Å². The van der Waals surface area contributed by atoms with Crippen molar-refractivity contribution in [3.8, 4) is 0 Å². The van der Waals surface area contributed by atoms with Crippen LogP contribution in [0.15, 0.2) is 53.5 Å². The van der Waals surface area contributed by atoms with Gasteiger partial charge in [-0.15, -0.1) is 24.0 Å². The third-order valence-corrected chi connectivity index (χ3v) is 4.55. The van der Waals surface area contributed by atoms with Gasteiger partial charge in [-0.2, -0.15) is 0 Å². The Hall–Kier alpha value is -1.80. The van der Waals surface area contributed by atoms with Crippen molar-refractivity contribution in [2.45, 2.75) is 25.8 Å². The van der Waals surface area contributed by atoms with E-state index in [-0.39, 0.29) is 35.8 Å². The zero-order valence-corrected chi connectivity index (χ0v) is 18.3. The third kappa shape index (κ3) is 6.10. The van der Waals surface area contributed by atoms with E-state index >= 15 is 0 Å². The molecule has 1 aliphatic heterocycles. The fourth-order valence-electron chi connectivity index (χ4n) is 3.01. The first-order valence-corrected chi connectivity index (χ1v) is 9.19. The summed E-state index contributed by atoms with van der Waals surface area (Å²) < 4.78 is 0. The van der Waals surface area contributed by atoms with Crippen LogP contribution in [0, 0.1) is 0 Å². The molecule has 0 radical (unpaired) electrons. The molecule has 3 N–H and O–H groups in total. The highest BCUT2D eigenvalue weighted by Gasteiger charge is 2.24. The van der Waals surface area contributed by atoms with Gasteiger partial charge in [0.15, 0.2) is 5.96 Å². The molecule has 0 bridgehead atoms. The Morgan fingerprint density at radius 3 is 2.67 bits per heavy atom. The monoisotopic (exact) mass is 498 g/mol. The Morgan fingerprint density at radius 2 is 1.93 bits per heavy atom. The van der Waals surface area contributed by atoms with Crippen molar-refractivity contribution in [2.75, 3.05) is 18.4 Å². The van der Waals surface area contributed by atoms with E-state index in [1.165, 1.54) is 0 Å². The van der Waals surface area contributed by atoms with Gasteiger partial charge in [-0.05, 0) is 36.2 Å². The number of carbonyl (C=O) groups excluding carboxylic acids is 1. The molecule has 2 aromatic carbocycles. The maximum absolute atomic E-state index is 11.9. The van der Waals surface area contributed by atoms with Gasteiger partial charge in [0, 0.05) is 36.1 Å². The molecule has 1 amide bonds. The highest BCUT2D eigenvalue weighted by atomic mass is 127. The van der Waals surface area contributed by atoms with Crippen LogP contribution in [0.1, 0.15) is 30.4 Å². The average molecular weight is 499 g/mol. The number of nitrogens with zero attached hydrogens (tertiary/aromatic N) is 1. The van der Waals surface area contributed by atoms with Gasteiger partial charge in [0.05, 0.1) is 6.54 Å². The van der Waals surface area contributed by atoms with Crippen molar-refractivity contribution in [3.63, 3.8) is 0 Å². The Balaban J connectivity index is 0.00000261. The number of para-hydroxylation sites is 1. The van der Waals surface area contributed by atoms with E-state index in [9.17, 15) is 4.79 Å². The zero-order chi connectivity index (χ0) is 18.4. The largest absolute Gasteiger partial charge is 0.357 e. The fraction of sp³-hybridized carbons (Fsp3) is 0.300. The predicted molar refractivity (Wildman–Crippen MR) is 122 cm³/mol. The summed E-state index contributed by atoms with van der Waals surface area (Å²) >= 11 is 5.92. The second-order valence-corrected chi connectivity index (χ2v) is 6.68. The van der Waals surface area contributed by atoms with Crippen LogP contribution in [0.25, 0.3) is 0 Å². The Morgan fingerprint density at radius 1 is 1.19 bits per heavy atom. The Kier molecular flexibility index (Phi) is 8.37. The molecule has 5 nitrogen and oxygen atoms in total. The first-order chi connectivity index (χ1) is 12.7. The number of nitrogens with one attached hydrogen (secondary N) is 3. The van der Waals surface area contributed by atoms with E-state index in [0.29, 0.717) is 19.5 Å². The van der Waals surface area contributed by atoms with Crippen LogP contribution < -0.4 is 16.0 Å². The van der Waals surface area contributed by atoms with Crippen molar-refractivity contribution in [1.29, 1.82) is 0 Å². The highest BCUT2D eigenvalue weighted by Crippen LogP contribution is 2.31. The minimum absolute atomic E-state index is 0. The standard InChI is InChI=1S/C20H23ClN4O.HI/c1-2-22-20(23-12-14-7-9-16(21)10-8-14)24-13-15-11-19(26)25-18-6-4-3-5-17(15)18;/h3-10,15H,2,11-13H2,1H3,(H,25,26)(H2,22,23,24);1H. The van der Waals surface area contributed by atoms with Crippen LogP contribution in [0.2, 0.25) is 5.02 Å². The van der Waals surface area contributed by atoms with E-state index in [1.807, 2.05) is 49.4 Å². The van der Waals surface area contributed by atoms with Crippen molar-refractivity contribution in [1.82, 2.24) is 10.6 Å². The minimum atomic E-state index is 0. The molecule has 0 saturated carbocycles. The normalized spacial score (nSPS) is 16.0. The number of fused-ring (bicyclic) bond motifs is 1. The zero-order valence-electron chi connectivity index (χ0n) is 15.2. The van der Waals surface area contributed by atoms with Crippen molar-refractivity contribution < 1.29 is 4.79 Å². The number of carbonyl (C=O) groups is 1. The van der Waals surface area contributed by atoms with Crippen LogP contribution in [0.3, 0.4) is 0 Å². The molecule has 144 valence electrons. The van der Waals surface area contributed by atoms with E-state index in [1.54, 1.807) is 0 Å². The summed E-state index contributed by atoms with van der Waals surface area (Å²) in [7, 11) is 0. The summed E-state index contributed by atoms with van der Waals surface area (Å²) in [5.41, 5.74) is 3.15. The number of rotatable bonds is 5. The van der Waals surface area contributed by atoms with E-state index in [4.69, 9.17) is 11.6 Å². The maximum Gasteiger partial charge on any atom is 0.225 e. The molecule has 0 spiro atoms. The number of anilines is 1.